The normalized spacial score (nSPS) is 20.7. The molecule has 2 N–H and O–H groups in total. The molecule has 0 aromatic heterocycles. The third-order valence-corrected chi connectivity index (χ3v) is 26.0. The highest BCUT2D eigenvalue weighted by atomic mass is 16.6. The quantitative estimate of drug-likeness (QED) is 0.0215. The molecule has 0 radical (unpaired) electrons. The number of hydrogen-bond donors (Lipinski definition) is 2. The number of nitrogens with zero attached hydrogens (tertiary/aromatic N) is 2. The molecule has 15 rings (SSSR count). The summed E-state index contributed by atoms with van der Waals surface area (Å²) in [7, 11) is 0. The summed E-state index contributed by atoms with van der Waals surface area (Å²) in [6, 6.07) is 68.6. The zero-order valence-corrected chi connectivity index (χ0v) is 86.2. The van der Waals surface area contributed by atoms with Crippen molar-refractivity contribution in [1.29, 1.82) is 0 Å². The lowest BCUT2D eigenvalue weighted by molar-refractivity contribution is -0.166. The van der Waals surface area contributed by atoms with Gasteiger partial charge in [-0.1, -0.05) is 277 Å². The summed E-state index contributed by atoms with van der Waals surface area (Å²) < 4.78 is 67.8. The van der Waals surface area contributed by atoms with E-state index < -0.39 is 101 Å². The predicted molar refractivity (Wildman–Crippen MR) is 560 cm³/mol. The average Bonchev–Trinajstić information content (AvgIpc) is 1.62. The van der Waals surface area contributed by atoms with Crippen LogP contribution in [0.3, 0.4) is 0 Å². The van der Waals surface area contributed by atoms with Crippen molar-refractivity contribution >= 4 is 119 Å². The first kappa shape index (κ1) is 113. The van der Waals surface area contributed by atoms with E-state index >= 15 is 0 Å². The summed E-state index contributed by atoms with van der Waals surface area (Å²) in [6.45, 7) is 40.0. The van der Waals surface area contributed by atoms with Gasteiger partial charge in [0.05, 0.1) is 93.8 Å². The van der Waals surface area contributed by atoms with Gasteiger partial charge in [0, 0.05) is 31.2 Å². The van der Waals surface area contributed by atoms with Gasteiger partial charge in [0.2, 0.25) is 5.91 Å². The maximum atomic E-state index is 13.6. The van der Waals surface area contributed by atoms with Crippen LogP contribution in [0, 0.1) is 41.4 Å². The lowest BCUT2D eigenvalue weighted by atomic mass is 9.93. The molecule has 3 saturated carbocycles. The van der Waals surface area contributed by atoms with Gasteiger partial charge in [-0.25, -0.2) is 19.2 Å². The maximum Gasteiger partial charge on any atom is 0.411 e. The second-order valence-electron chi connectivity index (χ2n) is 40.7. The molecular formula is C119H141N3O24. The second kappa shape index (κ2) is 53.5. The number of carboxylic acid groups (broad SMARTS) is 1. The van der Waals surface area contributed by atoms with Crippen molar-refractivity contribution in [2.75, 3.05) is 39.5 Å². The first-order valence-corrected chi connectivity index (χ1v) is 50.0. The molecule has 0 bridgehead atoms. The molecule has 10 aromatic carbocycles. The molecule has 14 atom stereocenters. The molecule has 27 nitrogen and oxygen atoms in total. The standard InChI is InChI=1S/C29H38N2O6.C25H30O5.C24H29NO5.C22H24O4.C19H20O4/c1-7-15-35-27(33)24-16-22(36-18-21-13-10-12-20-11-8-9-14-23(20)21)17-31(24)26(32)25(19(2)3)30-28(34)37-29(4,5)6;1-5-13-28-23(26)21-14-19(15-22(21)24(27)30-25(2,3)4)29-16-18-11-8-10-17-9-6-7-12-20(17)18;1-5-13-28-22(26)21-14-19(15-25(21)23(27)30-24(2,3)4)29-16-18-11-8-10-17-9-6-7-12-20(17)18;1-3-11-25-22(24)21-13-18(12-20(21)15(2)23)26-14-17-9-6-8-16-7-4-5-10-19(16)17;1-12(20)17-9-15(10-18(17)19(21)22)23-11-14-7-4-6-13-5-2-3-8-16(13)14/h7-14,19,22,24-25H,1,15-18H2,2-6H3,(H,30,34);5-12,19,21-22H,1,13-16H2,2-4H3;5-12,19,21H,1,13-16H2,2-4H3;3-10,18,20-21H,1,11-14H2,2H3;2-8,15,17-18H,9-11H2,1H3,(H,21,22)/t22-,24-,25+;19-,21-,22?;19-,21+;18-,20?,21+;15-,17?,18+/m11100/s1. The SMILES string of the molecule is C=CCOC(=O)[C@@H]1C[C@@H](OCc2cccc3ccccc23)CC1C(=O)OC(C)(C)C.C=CCOC(=O)[C@@H]1C[C@@H](OCc2cccc3ccccc23)CC1C(C)=O.C=CCOC(=O)[C@@H]1C[C@@H](OCc2cccc3ccccc23)CN1C(=O)OC(C)(C)C.C=CCOC(=O)[C@H]1C[C@@H](OCc2cccc3ccccc23)CN1C(=O)[C@@H](NC(=O)OC(C)(C)C)C(C)C.CC(=O)C1C[C@H](OCc2cccc3ccccc23)C[C@H]1C(=O)O. The molecule has 10 aromatic rings. The van der Waals surface area contributed by atoms with Crippen LogP contribution in [0.2, 0.25) is 0 Å². The van der Waals surface area contributed by atoms with Gasteiger partial charge in [-0.05, 0) is 202 Å². The number of carboxylic acids is 1. The molecule has 5 aliphatic rings. The van der Waals surface area contributed by atoms with Gasteiger partial charge < -0.3 is 72.2 Å². The van der Waals surface area contributed by atoms with Crippen molar-refractivity contribution in [3.8, 4) is 0 Å². The number of hydrogen-bond acceptors (Lipinski definition) is 23. The van der Waals surface area contributed by atoms with Gasteiger partial charge in [0.1, 0.15) is 72.9 Å². The largest absolute Gasteiger partial charge is 0.481 e. The Hall–Kier alpha value is -13.6. The van der Waals surface area contributed by atoms with E-state index in [9.17, 15) is 57.8 Å². The zero-order valence-electron chi connectivity index (χ0n) is 86.2. The average molecular weight is 2000 g/mol. The van der Waals surface area contributed by atoms with Crippen molar-refractivity contribution in [2.24, 2.45) is 41.4 Å². The van der Waals surface area contributed by atoms with E-state index in [1.54, 1.807) is 41.5 Å². The predicted octanol–water partition coefficient (Wildman–Crippen LogP) is 21.4. The van der Waals surface area contributed by atoms with Crippen LogP contribution in [0.25, 0.3) is 53.9 Å². The maximum absolute atomic E-state index is 13.6. The Kier molecular flexibility index (Phi) is 41.3. The Morgan fingerprint density at radius 1 is 0.336 bits per heavy atom. The molecular weight excluding hydrogens is 1860 g/mol. The summed E-state index contributed by atoms with van der Waals surface area (Å²) in [5.41, 5.74) is 3.39. The number of nitrogens with one attached hydrogen (secondary N) is 1. The van der Waals surface area contributed by atoms with E-state index in [-0.39, 0.29) is 111 Å². The van der Waals surface area contributed by atoms with Gasteiger partial charge >= 0.3 is 48.0 Å². The summed E-state index contributed by atoms with van der Waals surface area (Å²) in [4.78, 5) is 139. The van der Waals surface area contributed by atoms with E-state index in [4.69, 9.17) is 56.8 Å². The second-order valence-corrected chi connectivity index (χ2v) is 40.7. The summed E-state index contributed by atoms with van der Waals surface area (Å²) in [5, 5.41) is 23.4. The van der Waals surface area contributed by atoms with Gasteiger partial charge in [-0.3, -0.25) is 38.5 Å². The third kappa shape index (κ3) is 32.5. The van der Waals surface area contributed by atoms with Gasteiger partial charge in [0.25, 0.3) is 0 Å². The summed E-state index contributed by atoms with van der Waals surface area (Å²) >= 11 is 0. The number of carbonyl (C=O) groups is 11. The minimum Gasteiger partial charge on any atom is -0.481 e. The van der Waals surface area contributed by atoms with E-state index in [0.29, 0.717) is 84.4 Å². The molecule has 3 amide bonds. The number of carbonyl (C=O) groups excluding carboxylic acids is 10. The number of fused-ring (bicyclic) bond motifs is 5. The lowest BCUT2D eigenvalue weighted by Gasteiger charge is -2.30. The number of likely N-dealkylation sites (tertiary alicyclic amines) is 2. The highest BCUT2D eigenvalue weighted by Gasteiger charge is 2.49. The van der Waals surface area contributed by atoms with Crippen LogP contribution in [0.5, 0.6) is 0 Å². The Labute approximate surface area is 855 Å². The number of amides is 3. The van der Waals surface area contributed by atoms with E-state index in [2.05, 4.69) is 110 Å². The minimum atomic E-state index is -0.901. The number of rotatable bonds is 34. The van der Waals surface area contributed by atoms with Gasteiger partial charge in [-0.2, -0.15) is 0 Å². The molecule has 0 spiro atoms. The third-order valence-electron chi connectivity index (χ3n) is 26.0. The van der Waals surface area contributed by atoms with Crippen molar-refractivity contribution in [3.63, 3.8) is 0 Å². The first-order valence-electron chi connectivity index (χ1n) is 50.0. The molecule has 776 valence electrons. The number of ketones is 2. The highest BCUT2D eigenvalue weighted by molar-refractivity contribution is 5.93. The van der Waals surface area contributed by atoms with E-state index in [1.807, 2.05) is 168 Å². The fourth-order valence-electron chi connectivity index (χ4n) is 19.0. The van der Waals surface area contributed by atoms with Gasteiger partial charge in [-0.15, -0.1) is 0 Å². The Bertz CT molecular complexity index is 6020. The molecule has 5 fully saturated rings. The fraction of sp³-hybridized carbons (Fsp3) is 0.420. The number of ether oxygens (including phenoxy) is 12. The van der Waals surface area contributed by atoms with Crippen LogP contribution in [0.4, 0.5) is 9.59 Å². The Morgan fingerprint density at radius 3 is 0.904 bits per heavy atom. The fourth-order valence-corrected chi connectivity index (χ4v) is 19.0. The van der Waals surface area contributed by atoms with Crippen LogP contribution in [0.15, 0.2) is 263 Å². The Morgan fingerprint density at radius 2 is 0.603 bits per heavy atom. The van der Waals surface area contributed by atoms with Crippen LogP contribution >= 0.6 is 0 Å². The number of benzene rings is 10. The molecule has 3 aliphatic carbocycles. The lowest BCUT2D eigenvalue weighted by Crippen LogP contribution is -2.54. The number of aliphatic carboxylic acids is 1. The van der Waals surface area contributed by atoms with Crippen molar-refractivity contribution in [3.05, 3.63) is 291 Å². The topological polar surface area (TPSA) is 337 Å². The molecule has 27 heteroatoms. The molecule has 2 aliphatic heterocycles. The number of alkyl carbamates (subject to hydrolysis) is 1. The van der Waals surface area contributed by atoms with Crippen LogP contribution in [0.1, 0.15) is 169 Å². The molecule has 3 unspecified atom stereocenters. The van der Waals surface area contributed by atoms with Crippen LogP contribution in [-0.2, 0) is 133 Å². The van der Waals surface area contributed by atoms with Gasteiger partial charge in [0.15, 0.2) is 0 Å². The van der Waals surface area contributed by atoms with E-state index in [0.717, 1.165) is 76.3 Å². The monoisotopic (exact) mass is 2000 g/mol. The molecule has 2 heterocycles. The van der Waals surface area contributed by atoms with Crippen molar-refractivity contribution in [2.45, 2.75) is 240 Å². The smallest absolute Gasteiger partial charge is 0.411 e. The number of Topliss-reactive ketones (excluding diaryl/α,β-unsaturated/α-hetero) is 2. The van der Waals surface area contributed by atoms with Crippen molar-refractivity contribution < 1.29 is 115 Å². The van der Waals surface area contributed by atoms with Crippen LogP contribution in [-0.4, -0.2) is 185 Å². The summed E-state index contributed by atoms with van der Waals surface area (Å²) in [6.07, 6.45) is 7.13. The van der Waals surface area contributed by atoms with Crippen molar-refractivity contribution in [1.82, 2.24) is 15.1 Å². The van der Waals surface area contributed by atoms with Crippen LogP contribution < -0.4 is 5.32 Å². The number of esters is 5. The minimum absolute atomic E-state index is 0.0156. The highest BCUT2D eigenvalue weighted by Crippen LogP contribution is 2.41. The summed E-state index contributed by atoms with van der Waals surface area (Å²) in [5.74, 6) is -6.61. The molecule has 2 saturated heterocycles. The first-order chi connectivity index (χ1) is 69.7. The Balaban J connectivity index is 0.000000175. The zero-order chi connectivity index (χ0) is 106. The molecule has 146 heavy (non-hydrogen) atoms. The van der Waals surface area contributed by atoms with E-state index in [1.165, 1.54) is 53.3 Å².